The molecule has 25 heavy (non-hydrogen) atoms. The number of rotatable bonds is 6. The molecule has 0 spiro atoms. The lowest BCUT2D eigenvalue weighted by Gasteiger charge is -2.27. The highest BCUT2D eigenvalue weighted by molar-refractivity contribution is 7.89. The van der Waals surface area contributed by atoms with Gasteiger partial charge in [-0.25, -0.2) is 13.1 Å². The van der Waals surface area contributed by atoms with E-state index >= 15 is 0 Å². The van der Waals surface area contributed by atoms with Crippen molar-refractivity contribution in [3.05, 3.63) is 28.8 Å². The van der Waals surface area contributed by atoms with Gasteiger partial charge in [0.15, 0.2) is 0 Å². The van der Waals surface area contributed by atoms with E-state index in [9.17, 15) is 8.42 Å². The molecule has 0 aliphatic carbocycles. The Morgan fingerprint density at radius 3 is 1.80 bits per heavy atom. The third-order valence-electron chi connectivity index (χ3n) is 5.01. The van der Waals surface area contributed by atoms with Crippen LogP contribution in [-0.4, -0.2) is 27.5 Å². The van der Waals surface area contributed by atoms with E-state index < -0.39 is 10.0 Å². The fraction of sp³-hybridized carbons (Fsp3) is 0.700. The molecule has 0 atom stereocenters. The zero-order chi connectivity index (χ0) is 18.8. The molecule has 1 heterocycles. The lowest BCUT2D eigenvalue weighted by Crippen LogP contribution is -2.43. The van der Waals surface area contributed by atoms with Crippen LogP contribution in [0.15, 0.2) is 17.0 Å². The van der Waals surface area contributed by atoms with E-state index in [-0.39, 0.29) is 17.9 Å². The number of hydrogen-bond donors (Lipinski definition) is 2. The predicted octanol–water partition coefficient (Wildman–Crippen LogP) is 4.09. The van der Waals surface area contributed by atoms with Crippen LogP contribution in [0.1, 0.15) is 88.8 Å². The van der Waals surface area contributed by atoms with Crippen LogP contribution in [0.25, 0.3) is 0 Å². The summed E-state index contributed by atoms with van der Waals surface area (Å²) in [6.07, 6.45) is 1.69. The molecular formula is C20H34N2O2S. The third-order valence-corrected chi connectivity index (χ3v) is 6.66. The van der Waals surface area contributed by atoms with Crippen LogP contribution >= 0.6 is 0 Å². The summed E-state index contributed by atoms with van der Waals surface area (Å²) in [6, 6.07) is 4.21. The minimum atomic E-state index is -3.53. The molecule has 1 fully saturated rings. The van der Waals surface area contributed by atoms with Crippen LogP contribution in [0.5, 0.6) is 0 Å². The lowest BCUT2D eigenvalue weighted by atomic mass is 9.89. The maximum Gasteiger partial charge on any atom is 0.241 e. The van der Waals surface area contributed by atoms with Gasteiger partial charge in [0.1, 0.15) is 0 Å². The molecule has 0 unspecified atom stereocenters. The Hall–Kier alpha value is -0.910. The van der Waals surface area contributed by atoms with Crippen molar-refractivity contribution in [2.24, 2.45) is 0 Å². The maximum atomic E-state index is 13.3. The quantitative estimate of drug-likeness (QED) is 0.797. The van der Waals surface area contributed by atoms with E-state index in [4.69, 9.17) is 0 Å². The van der Waals surface area contributed by atoms with E-state index in [0.717, 1.165) is 37.1 Å². The summed E-state index contributed by atoms with van der Waals surface area (Å²) in [5, 5.41) is 3.28. The van der Waals surface area contributed by atoms with E-state index in [1.165, 1.54) is 5.56 Å². The van der Waals surface area contributed by atoms with Crippen molar-refractivity contribution in [3.63, 3.8) is 0 Å². The number of sulfonamides is 1. The van der Waals surface area contributed by atoms with Crippen molar-refractivity contribution >= 4 is 10.0 Å². The van der Waals surface area contributed by atoms with E-state index in [0.29, 0.717) is 10.8 Å². The summed E-state index contributed by atoms with van der Waals surface area (Å²) in [4.78, 5) is 0.514. The first-order valence-electron chi connectivity index (χ1n) is 9.54. The number of hydrogen-bond acceptors (Lipinski definition) is 3. The molecule has 0 aromatic heterocycles. The predicted molar refractivity (Wildman–Crippen MR) is 105 cm³/mol. The van der Waals surface area contributed by atoms with Crippen LogP contribution in [-0.2, 0) is 10.0 Å². The molecule has 2 N–H and O–H groups in total. The first-order chi connectivity index (χ1) is 11.6. The van der Waals surface area contributed by atoms with Gasteiger partial charge < -0.3 is 5.32 Å². The van der Waals surface area contributed by atoms with Crippen LogP contribution in [0.2, 0.25) is 0 Å². The lowest BCUT2D eigenvalue weighted by molar-refractivity contribution is 0.426. The van der Waals surface area contributed by atoms with Gasteiger partial charge in [0.05, 0.1) is 4.90 Å². The molecule has 0 radical (unpaired) electrons. The summed E-state index contributed by atoms with van der Waals surface area (Å²) in [6.45, 7) is 14.4. The molecule has 1 aromatic carbocycles. The third kappa shape index (κ3) is 4.83. The van der Waals surface area contributed by atoms with Gasteiger partial charge in [-0.3, -0.25) is 0 Å². The van der Waals surface area contributed by atoms with Crippen LogP contribution < -0.4 is 10.0 Å². The van der Waals surface area contributed by atoms with Gasteiger partial charge in [0.25, 0.3) is 0 Å². The van der Waals surface area contributed by atoms with Gasteiger partial charge in [-0.05, 0) is 60.4 Å². The van der Waals surface area contributed by atoms with Gasteiger partial charge in [-0.1, -0.05) is 53.7 Å². The Labute approximate surface area is 153 Å². The Balaban J connectivity index is 2.56. The standard InChI is InChI=1S/C20H34N2O2S/c1-13(2)16-11-18(14(3)4)20(19(12-16)15(5)6)25(23,24)22-17-7-9-21-10-8-17/h11-15,17,21-22H,7-10H2,1-6H3. The highest BCUT2D eigenvalue weighted by atomic mass is 32.2. The van der Waals surface area contributed by atoms with Gasteiger partial charge in [0.2, 0.25) is 10.0 Å². The van der Waals surface area contributed by atoms with Crippen LogP contribution in [0.3, 0.4) is 0 Å². The minimum absolute atomic E-state index is 0.0241. The Morgan fingerprint density at radius 2 is 1.40 bits per heavy atom. The molecule has 142 valence electrons. The molecule has 0 saturated carbocycles. The van der Waals surface area contributed by atoms with E-state index in [2.05, 4.69) is 63.7 Å². The molecule has 0 amide bonds. The Morgan fingerprint density at radius 1 is 0.920 bits per heavy atom. The van der Waals surface area contributed by atoms with Gasteiger partial charge in [-0.2, -0.15) is 0 Å². The topological polar surface area (TPSA) is 58.2 Å². The summed E-state index contributed by atoms with van der Waals surface area (Å²) in [5.74, 6) is 0.704. The summed E-state index contributed by atoms with van der Waals surface area (Å²) < 4.78 is 29.6. The maximum absolute atomic E-state index is 13.3. The smallest absolute Gasteiger partial charge is 0.241 e. The SMILES string of the molecule is CC(C)c1cc(C(C)C)c(S(=O)(=O)NC2CCNCC2)c(C(C)C)c1. The molecule has 0 bridgehead atoms. The van der Waals surface area contributed by atoms with E-state index in [1.807, 2.05) is 0 Å². The van der Waals surface area contributed by atoms with Crippen molar-refractivity contribution in [1.82, 2.24) is 10.0 Å². The van der Waals surface area contributed by atoms with Crippen molar-refractivity contribution < 1.29 is 8.42 Å². The average molecular weight is 367 g/mol. The summed E-state index contributed by atoms with van der Waals surface area (Å²) >= 11 is 0. The van der Waals surface area contributed by atoms with Crippen LogP contribution in [0, 0.1) is 0 Å². The molecule has 4 nitrogen and oxygen atoms in total. The Bertz CT molecular complexity index is 659. The molecule has 1 aliphatic rings. The molecule has 1 aromatic rings. The fourth-order valence-electron chi connectivity index (χ4n) is 3.42. The first kappa shape index (κ1) is 20.4. The highest BCUT2D eigenvalue weighted by Crippen LogP contribution is 2.35. The fourth-order valence-corrected chi connectivity index (χ4v) is 5.42. The molecule has 1 aliphatic heterocycles. The number of benzene rings is 1. The first-order valence-corrected chi connectivity index (χ1v) is 11.0. The van der Waals surface area contributed by atoms with Crippen molar-refractivity contribution in [1.29, 1.82) is 0 Å². The van der Waals surface area contributed by atoms with Crippen LogP contribution in [0.4, 0.5) is 0 Å². The average Bonchev–Trinajstić information content (AvgIpc) is 2.53. The second-order valence-electron chi connectivity index (χ2n) is 8.14. The van der Waals surface area contributed by atoms with Crippen molar-refractivity contribution in [2.75, 3.05) is 13.1 Å². The second kappa shape index (κ2) is 8.19. The van der Waals surface area contributed by atoms with E-state index in [1.54, 1.807) is 0 Å². The van der Waals surface area contributed by atoms with Gasteiger partial charge in [-0.15, -0.1) is 0 Å². The van der Waals surface area contributed by atoms with Gasteiger partial charge in [0, 0.05) is 6.04 Å². The van der Waals surface area contributed by atoms with Crippen molar-refractivity contribution in [2.45, 2.75) is 83.1 Å². The zero-order valence-electron chi connectivity index (χ0n) is 16.5. The molecular weight excluding hydrogens is 332 g/mol. The number of nitrogens with one attached hydrogen (secondary N) is 2. The zero-order valence-corrected chi connectivity index (χ0v) is 17.3. The Kier molecular flexibility index (Phi) is 6.68. The normalized spacial score (nSPS) is 17.0. The molecule has 2 rings (SSSR count). The number of piperidine rings is 1. The monoisotopic (exact) mass is 366 g/mol. The largest absolute Gasteiger partial charge is 0.317 e. The summed E-state index contributed by atoms with van der Waals surface area (Å²) in [7, 11) is -3.53. The molecule has 1 saturated heterocycles. The van der Waals surface area contributed by atoms with Crippen molar-refractivity contribution in [3.8, 4) is 0 Å². The minimum Gasteiger partial charge on any atom is -0.317 e. The second-order valence-corrected chi connectivity index (χ2v) is 9.79. The highest BCUT2D eigenvalue weighted by Gasteiger charge is 2.29. The summed E-state index contributed by atoms with van der Waals surface area (Å²) in [5.41, 5.74) is 3.10. The molecule has 5 heteroatoms. The van der Waals surface area contributed by atoms with Gasteiger partial charge >= 0.3 is 0 Å².